The topological polar surface area (TPSA) is 296 Å². The summed E-state index contributed by atoms with van der Waals surface area (Å²) in [4.78, 5) is 37.4. The molecule has 2 aliphatic rings. The Balaban J connectivity index is 1.74. The second-order valence-corrected chi connectivity index (χ2v) is 20.4. The summed E-state index contributed by atoms with van der Waals surface area (Å²) in [5.41, 5.74) is 1.87. The molecule has 0 aliphatic carbocycles. The maximum Gasteiger partial charge on any atom is 0.469 e. The Hall–Kier alpha value is -3.42. The van der Waals surface area contributed by atoms with Crippen LogP contribution in [0, 0.1) is 34.5 Å². The van der Waals surface area contributed by atoms with E-state index in [1.807, 2.05) is 78.0 Å². The van der Waals surface area contributed by atoms with E-state index in [1.165, 1.54) is 26.6 Å². The number of aliphatic hydroxyl groups excluding tert-OH is 5. The third kappa shape index (κ3) is 16.3. The van der Waals surface area contributed by atoms with Crippen molar-refractivity contribution in [3.8, 4) is 6.07 Å². The molecular weight excluding hydrogens is 916 g/mol. The molecular formula is C49H79N4O15P. The molecule has 20 heteroatoms. The number of oxazole rings is 1. The number of ether oxygens (including phenoxy) is 4. The lowest BCUT2D eigenvalue weighted by atomic mass is 9.72. The number of hydrogen-bond acceptors (Lipinski definition) is 16. The summed E-state index contributed by atoms with van der Waals surface area (Å²) in [6.45, 7) is 16.6. The van der Waals surface area contributed by atoms with Crippen LogP contribution in [0.4, 0.5) is 0 Å². The van der Waals surface area contributed by atoms with Gasteiger partial charge < -0.3 is 69.3 Å². The van der Waals surface area contributed by atoms with Gasteiger partial charge >= 0.3 is 7.82 Å². The second kappa shape index (κ2) is 26.9. The minimum absolute atomic E-state index is 0.0646. The van der Waals surface area contributed by atoms with Gasteiger partial charge in [-0.15, -0.1) is 0 Å². The van der Waals surface area contributed by atoms with Gasteiger partial charge in [0.1, 0.15) is 30.3 Å². The molecule has 0 unspecified atom stereocenters. The van der Waals surface area contributed by atoms with Crippen molar-refractivity contribution in [3.63, 3.8) is 0 Å². The summed E-state index contributed by atoms with van der Waals surface area (Å²) in [7, 11) is -0.735. The van der Waals surface area contributed by atoms with E-state index in [0.29, 0.717) is 18.0 Å². The van der Waals surface area contributed by atoms with Gasteiger partial charge in [0.05, 0.1) is 49.2 Å². The Morgan fingerprint density at radius 1 is 1.09 bits per heavy atom. The van der Waals surface area contributed by atoms with Crippen LogP contribution in [0.2, 0.25) is 0 Å². The number of hydrogen-bond donors (Lipinski definition) is 9. The zero-order valence-corrected chi connectivity index (χ0v) is 43.1. The zero-order chi connectivity index (χ0) is 52.0. The lowest BCUT2D eigenvalue weighted by molar-refractivity contribution is -0.334. The summed E-state index contributed by atoms with van der Waals surface area (Å²) in [6, 6.07) is 1.35. The van der Waals surface area contributed by atoms with Crippen LogP contribution in [0.1, 0.15) is 105 Å². The van der Waals surface area contributed by atoms with Crippen LogP contribution in [-0.2, 0) is 32.8 Å². The summed E-state index contributed by atoms with van der Waals surface area (Å²) < 4.78 is 48.1. The maximum atomic E-state index is 12.5. The highest BCUT2D eigenvalue weighted by Gasteiger charge is 2.68. The van der Waals surface area contributed by atoms with Gasteiger partial charge in [-0.1, -0.05) is 77.5 Å². The molecule has 1 aromatic heterocycles. The lowest BCUT2D eigenvalue weighted by Gasteiger charge is -2.50. The van der Waals surface area contributed by atoms with E-state index < -0.39 is 97.7 Å². The number of aromatic nitrogens is 1. The molecule has 15 atom stereocenters. The molecule has 69 heavy (non-hydrogen) atoms. The van der Waals surface area contributed by atoms with Crippen LogP contribution in [-0.4, -0.2) is 147 Å². The van der Waals surface area contributed by atoms with Crippen molar-refractivity contribution in [1.29, 1.82) is 5.26 Å². The van der Waals surface area contributed by atoms with Gasteiger partial charge in [0.25, 0.3) is 5.91 Å². The Bertz CT molecular complexity index is 2040. The number of nitriles is 1. The summed E-state index contributed by atoms with van der Waals surface area (Å²) in [5.74, 6) is -3.64. The number of aliphatic hydroxyl groups is 5. The Kier molecular flexibility index (Phi) is 23.3. The first-order chi connectivity index (χ1) is 32.3. The fraction of sp³-hybridized carbons (Fsp3) is 0.694. The third-order valence-corrected chi connectivity index (χ3v) is 14.3. The van der Waals surface area contributed by atoms with Gasteiger partial charge in [-0.25, -0.2) is 9.55 Å². The van der Waals surface area contributed by atoms with E-state index in [4.69, 9.17) is 33.2 Å². The van der Waals surface area contributed by atoms with E-state index in [2.05, 4.69) is 15.6 Å². The molecule has 2 saturated heterocycles. The van der Waals surface area contributed by atoms with Gasteiger partial charge in [0.15, 0.2) is 17.8 Å². The number of carbonyl (C=O) groups excluding carboxylic acids is 1. The predicted molar refractivity (Wildman–Crippen MR) is 258 cm³/mol. The monoisotopic (exact) mass is 995 g/mol. The van der Waals surface area contributed by atoms with Crippen LogP contribution in [0.15, 0.2) is 63.9 Å². The number of amides is 1. The molecule has 19 nitrogen and oxygen atoms in total. The van der Waals surface area contributed by atoms with E-state index in [-0.39, 0.29) is 44.2 Å². The smallest absolute Gasteiger partial charge is 0.448 e. The molecule has 2 fully saturated rings. The third-order valence-electron chi connectivity index (χ3n) is 13.8. The van der Waals surface area contributed by atoms with Gasteiger partial charge in [-0.3, -0.25) is 9.32 Å². The van der Waals surface area contributed by atoms with Crippen LogP contribution in [0.25, 0.3) is 6.08 Å². The Labute approximate surface area is 407 Å². The molecule has 3 rings (SSSR count). The number of phosphoric ester groups is 1. The average Bonchev–Trinajstić information content (AvgIpc) is 3.84. The number of methoxy groups -OCH3 is 2. The van der Waals surface area contributed by atoms with Crippen LogP contribution >= 0.6 is 7.82 Å². The van der Waals surface area contributed by atoms with E-state index >= 15 is 0 Å². The highest BCUT2D eigenvalue weighted by atomic mass is 31.2. The average molecular weight is 995 g/mol. The van der Waals surface area contributed by atoms with E-state index in [0.717, 1.165) is 16.7 Å². The normalized spacial score (nSPS) is 27.7. The fourth-order valence-electron chi connectivity index (χ4n) is 8.78. The summed E-state index contributed by atoms with van der Waals surface area (Å²) in [5, 5.41) is 69.5. The molecule has 0 aromatic carbocycles. The molecule has 1 amide bonds. The Morgan fingerprint density at radius 3 is 2.38 bits per heavy atom. The number of nitrogens with one attached hydrogen (secondary N) is 2. The number of likely N-dealkylation sites (N-methyl/N-ethyl adjacent to an activating group) is 1. The summed E-state index contributed by atoms with van der Waals surface area (Å²) in [6.07, 6.45) is 4.07. The number of carbonyl (C=O) groups is 1. The molecule has 0 bridgehead atoms. The highest BCUT2D eigenvalue weighted by Crippen LogP contribution is 2.59. The largest absolute Gasteiger partial charge is 0.469 e. The number of nitrogens with zero attached hydrogens (tertiary/aromatic N) is 2. The van der Waals surface area contributed by atoms with Crippen molar-refractivity contribution < 1.29 is 72.6 Å². The molecule has 2 aliphatic heterocycles. The zero-order valence-electron chi connectivity index (χ0n) is 42.2. The molecule has 390 valence electrons. The first-order valence-electron chi connectivity index (χ1n) is 23.5. The number of allylic oxidation sites excluding steroid dienone is 7. The van der Waals surface area contributed by atoms with Crippen LogP contribution in [0.5, 0.6) is 0 Å². The van der Waals surface area contributed by atoms with Gasteiger partial charge in [0.2, 0.25) is 0 Å². The molecule has 1 spiro atoms. The first-order valence-corrected chi connectivity index (χ1v) is 25.0. The van der Waals surface area contributed by atoms with E-state index in [9.17, 15) is 44.7 Å². The fourth-order valence-corrected chi connectivity index (χ4v) is 9.46. The summed E-state index contributed by atoms with van der Waals surface area (Å²) >= 11 is 0. The van der Waals surface area contributed by atoms with Crippen molar-refractivity contribution in [2.75, 3.05) is 34.4 Å². The van der Waals surface area contributed by atoms with Crippen molar-refractivity contribution in [1.82, 2.24) is 15.6 Å². The number of rotatable bonds is 26. The van der Waals surface area contributed by atoms with E-state index in [1.54, 1.807) is 33.9 Å². The van der Waals surface area contributed by atoms with Crippen molar-refractivity contribution >= 4 is 19.8 Å². The minimum atomic E-state index is -5.15. The first kappa shape index (κ1) is 59.9. The quantitative estimate of drug-likeness (QED) is 0.0354. The molecule has 0 radical (unpaired) electrons. The lowest BCUT2D eigenvalue weighted by Crippen LogP contribution is -2.58. The maximum absolute atomic E-state index is 12.5. The van der Waals surface area contributed by atoms with Crippen molar-refractivity contribution in [2.24, 2.45) is 23.2 Å². The van der Waals surface area contributed by atoms with Gasteiger partial charge in [0, 0.05) is 68.8 Å². The SMILES string of the molecule is CN[C@@H](COC)[C@H](O)[C@H](O)C(=O)NCC[C@H](C)c1nc(/C=C/C[C@H]2O[C@]3(C[C@@H](O)[C@@H]2C)O[C@H]([C@H](C[C@H](O)[C@H](C)[C@H](O)[C@H](C)/C=C(C)/C(C)=C/C=C/C(C)=C\C#N)OC)[C@H](OP(=O)(O)O)C3(C)C)co1. The second-order valence-electron chi connectivity index (χ2n) is 19.2. The predicted octanol–water partition coefficient (Wildman–Crippen LogP) is 4.35. The van der Waals surface area contributed by atoms with Crippen molar-refractivity contribution in [2.45, 2.75) is 161 Å². The molecule has 1 aromatic rings. The van der Waals surface area contributed by atoms with Gasteiger partial charge in [-0.2, -0.15) is 5.26 Å². The van der Waals surface area contributed by atoms with Crippen LogP contribution < -0.4 is 10.6 Å². The van der Waals surface area contributed by atoms with Gasteiger partial charge in [-0.05, 0) is 57.9 Å². The standard InChI is InChI=1S/C49H79N4O15P/c1-28(19-21-50)15-13-16-29(2)31(4)23-32(5)41(56)34(7)37(54)24-40(64-12)44-45(68-69(60,61)62)48(8,9)49(67-44)25-38(55)33(6)39(66-49)18-14-17-35-26-65-47(53-35)30(3)20-22-52-46(59)43(58)42(57)36(51-10)27-63-11/h13-17,19,23,26,30,32-34,36-45,51,54-58H,18,20,22,24-25,27H2,1-12H3,(H,52,59)(H2,60,61,62)/b15-13+,17-14+,28-19-,29-16+,31-23+/t30-,32+,33-,34-,36-,37-,38+,39+,40-,41+,42-,43-,44+,45-,49+/m0/s1. The molecule has 9 N–H and O–H groups in total. The number of phosphoric acid groups is 1. The Morgan fingerprint density at radius 2 is 1.77 bits per heavy atom. The molecule has 0 saturated carbocycles. The van der Waals surface area contributed by atoms with Crippen molar-refractivity contribution in [3.05, 3.63) is 71.0 Å². The molecule has 3 heterocycles. The minimum Gasteiger partial charge on any atom is -0.448 e. The highest BCUT2D eigenvalue weighted by molar-refractivity contribution is 7.46. The van der Waals surface area contributed by atoms with Crippen LogP contribution in [0.3, 0.4) is 0 Å².